The van der Waals surface area contributed by atoms with Gasteiger partial charge in [0.15, 0.2) is 11.5 Å². The quantitative estimate of drug-likeness (QED) is 0.911. The molecule has 0 saturated carbocycles. The van der Waals surface area contributed by atoms with Crippen LogP contribution in [0, 0.1) is 5.92 Å². The molecule has 3 rings (SSSR count). The average molecular weight is 294 g/mol. The Balaban J connectivity index is 2.16. The smallest absolute Gasteiger partial charge is 0.312 e. The van der Waals surface area contributed by atoms with E-state index in [0.29, 0.717) is 37.6 Å². The molecule has 2 aliphatic rings. The van der Waals surface area contributed by atoms with Gasteiger partial charge >= 0.3 is 5.97 Å². The van der Waals surface area contributed by atoms with E-state index >= 15 is 0 Å². The van der Waals surface area contributed by atoms with Crippen molar-refractivity contribution in [3.8, 4) is 11.5 Å². The Bertz CT molecular complexity index is 562. The van der Waals surface area contributed by atoms with Crippen LogP contribution >= 0.6 is 0 Å². The van der Waals surface area contributed by atoms with E-state index in [1.165, 1.54) is 0 Å². The highest BCUT2D eigenvalue weighted by molar-refractivity contribution is 5.73. The molecule has 1 atom stereocenters. The first-order valence-electron chi connectivity index (χ1n) is 6.88. The van der Waals surface area contributed by atoms with Gasteiger partial charge in [0.25, 0.3) is 0 Å². The van der Waals surface area contributed by atoms with Crippen LogP contribution in [0.5, 0.6) is 11.5 Å². The number of methoxy groups -OCH3 is 2. The number of carboxylic acid groups (broad SMARTS) is 1. The van der Waals surface area contributed by atoms with Crippen molar-refractivity contribution >= 4 is 5.97 Å². The number of aryl methyl sites for hydroxylation is 1. The highest BCUT2D eigenvalue weighted by Gasteiger charge is 2.53. The van der Waals surface area contributed by atoms with E-state index in [1.807, 2.05) is 6.07 Å². The van der Waals surface area contributed by atoms with Crippen molar-refractivity contribution in [1.29, 1.82) is 0 Å². The highest BCUT2D eigenvalue weighted by Crippen LogP contribution is 2.48. The van der Waals surface area contributed by atoms with Crippen molar-refractivity contribution in [2.24, 2.45) is 5.92 Å². The van der Waals surface area contributed by atoms with Crippen LogP contribution < -0.4 is 9.47 Å². The molecule has 1 unspecified atom stereocenters. The van der Waals surface area contributed by atoms with Crippen LogP contribution in [0.2, 0.25) is 0 Å². The third kappa shape index (κ3) is 2.06. The first-order valence-corrected chi connectivity index (χ1v) is 6.88. The van der Waals surface area contributed by atoms with E-state index < -0.39 is 17.7 Å². The number of ether oxygens (including phenoxy) is 4. The Morgan fingerprint density at radius 1 is 1.24 bits per heavy atom. The summed E-state index contributed by atoms with van der Waals surface area (Å²) in [5, 5.41) is 9.50. The molecule has 1 aliphatic carbocycles. The van der Waals surface area contributed by atoms with Gasteiger partial charge in [0.05, 0.1) is 27.4 Å². The van der Waals surface area contributed by atoms with Gasteiger partial charge in [-0.25, -0.2) is 0 Å². The standard InChI is InChI=1S/C15H18O6/c1-18-12-7-9-3-4-10(14(16)17)15(20-5-6-21-15)11(9)8-13(12)19-2/h7-8,10H,3-6H2,1-2H3,(H,16,17). The zero-order valence-electron chi connectivity index (χ0n) is 12.0. The summed E-state index contributed by atoms with van der Waals surface area (Å²) in [7, 11) is 3.12. The molecular formula is C15H18O6. The van der Waals surface area contributed by atoms with Crippen molar-refractivity contribution in [3.05, 3.63) is 23.3 Å². The van der Waals surface area contributed by atoms with Gasteiger partial charge < -0.3 is 24.1 Å². The van der Waals surface area contributed by atoms with E-state index in [9.17, 15) is 9.90 Å². The van der Waals surface area contributed by atoms with E-state index in [-0.39, 0.29) is 0 Å². The average Bonchev–Trinajstić information content (AvgIpc) is 2.96. The molecule has 6 heteroatoms. The SMILES string of the molecule is COc1cc2c(cc1OC)C1(OCCO1)C(C(=O)O)CC2. The van der Waals surface area contributed by atoms with E-state index in [0.717, 1.165) is 11.1 Å². The lowest BCUT2D eigenvalue weighted by Gasteiger charge is -2.38. The van der Waals surface area contributed by atoms with Crippen molar-refractivity contribution < 1.29 is 28.8 Å². The summed E-state index contributed by atoms with van der Waals surface area (Å²) >= 11 is 0. The van der Waals surface area contributed by atoms with Crippen LogP contribution in [0.1, 0.15) is 17.5 Å². The molecule has 1 fully saturated rings. The molecule has 1 saturated heterocycles. The van der Waals surface area contributed by atoms with Gasteiger partial charge in [0.1, 0.15) is 5.92 Å². The Hall–Kier alpha value is -1.79. The number of benzene rings is 1. The fourth-order valence-electron chi connectivity index (χ4n) is 3.20. The summed E-state index contributed by atoms with van der Waals surface area (Å²) in [6.45, 7) is 0.773. The summed E-state index contributed by atoms with van der Waals surface area (Å²) in [6.07, 6.45) is 1.11. The predicted molar refractivity (Wildman–Crippen MR) is 72.6 cm³/mol. The van der Waals surface area contributed by atoms with Crippen LogP contribution in [0.3, 0.4) is 0 Å². The number of rotatable bonds is 3. The highest BCUT2D eigenvalue weighted by atomic mass is 16.7. The Morgan fingerprint density at radius 2 is 1.86 bits per heavy atom. The van der Waals surface area contributed by atoms with Crippen LogP contribution in [0.25, 0.3) is 0 Å². The predicted octanol–water partition coefficient (Wildman–Crippen LogP) is 1.55. The van der Waals surface area contributed by atoms with Crippen molar-refractivity contribution in [3.63, 3.8) is 0 Å². The Morgan fingerprint density at radius 3 is 2.43 bits per heavy atom. The molecule has 114 valence electrons. The zero-order valence-corrected chi connectivity index (χ0v) is 12.0. The summed E-state index contributed by atoms with van der Waals surface area (Å²) in [4.78, 5) is 11.6. The number of carbonyl (C=O) groups is 1. The minimum Gasteiger partial charge on any atom is -0.493 e. The molecule has 1 spiro atoms. The third-order valence-electron chi connectivity index (χ3n) is 4.16. The first kappa shape index (κ1) is 14.2. The van der Waals surface area contributed by atoms with Crippen LogP contribution in [-0.4, -0.2) is 38.5 Å². The van der Waals surface area contributed by atoms with Gasteiger partial charge in [-0.2, -0.15) is 0 Å². The van der Waals surface area contributed by atoms with Gasteiger partial charge in [-0.1, -0.05) is 0 Å². The molecule has 0 amide bonds. The van der Waals surface area contributed by atoms with Crippen LogP contribution in [-0.2, 0) is 26.5 Å². The molecule has 1 aliphatic heterocycles. The fourth-order valence-corrected chi connectivity index (χ4v) is 3.20. The molecule has 0 aromatic heterocycles. The number of hydrogen-bond donors (Lipinski definition) is 1. The Labute approximate surface area is 122 Å². The summed E-state index contributed by atoms with van der Waals surface area (Å²) in [5.74, 6) is -1.67. The van der Waals surface area contributed by atoms with Crippen LogP contribution in [0.4, 0.5) is 0 Å². The molecule has 1 N–H and O–H groups in total. The first-order chi connectivity index (χ1) is 10.1. The van der Waals surface area contributed by atoms with Gasteiger partial charge in [0, 0.05) is 5.56 Å². The summed E-state index contributed by atoms with van der Waals surface area (Å²) < 4.78 is 22.1. The number of carboxylic acids is 1. The molecule has 1 aromatic rings. The van der Waals surface area contributed by atoms with Crippen LogP contribution in [0.15, 0.2) is 12.1 Å². The molecule has 1 heterocycles. The monoisotopic (exact) mass is 294 g/mol. The van der Waals surface area contributed by atoms with E-state index in [2.05, 4.69) is 0 Å². The minimum atomic E-state index is -1.21. The maximum atomic E-state index is 11.6. The maximum Gasteiger partial charge on any atom is 0.312 e. The molecule has 0 radical (unpaired) electrons. The maximum absolute atomic E-state index is 11.6. The van der Waals surface area contributed by atoms with Gasteiger partial charge in [-0.15, -0.1) is 0 Å². The topological polar surface area (TPSA) is 74.2 Å². The molecule has 1 aromatic carbocycles. The van der Waals surface area contributed by atoms with Gasteiger partial charge in [-0.3, -0.25) is 4.79 Å². The van der Waals surface area contributed by atoms with E-state index in [4.69, 9.17) is 18.9 Å². The van der Waals surface area contributed by atoms with Crippen molar-refractivity contribution in [2.75, 3.05) is 27.4 Å². The number of hydrogen-bond acceptors (Lipinski definition) is 5. The zero-order chi connectivity index (χ0) is 15.0. The summed E-state index contributed by atoms with van der Waals surface area (Å²) in [5.41, 5.74) is 1.71. The van der Waals surface area contributed by atoms with Gasteiger partial charge in [-0.05, 0) is 30.5 Å². The second-order valence-corrected chi connectivity index (χ2v) is 5.16. The molecule has 21 heavy (non-hydrogen) atoms. The number of fused-ring (bicyclic) bond motifs is 2. The fraction of sp³-hybridized carbons (Fsp3) is 0.533. The van der Waals surface area contributed by atoms with Crippen molar-refractivity contribution in [1.82, 2.24) is 0 Å². The molecule has 6 nitrogen and oxygen atoms in total. The molecular weight excluding hydrogens is 276 g/mol. The van der Waals surface area contributed by atoms with Crippen molar-refractivity contribution in [2.45, 2.75) is 18.6 Å². The lowest BCUT2D eigenvalue weighted by molar-refractivity contribution is -0.219. The Kier molecular flexibility index (Phi) is 3.51. The third-order valence-corrected chi connectivity index (χ3v) is 4.16. The lowest BCUT2D eigenvalue weighted by Crippen LogP contribution is -2.44. The normalized spacial score (nSPS) is 22.9. The molecule has 0 bridgehead atoms. The van der Waals surface area contributed by atoms with Gasteiger partial charge in [0.2, 0.25) is 5.79 Å². The largest absolute Gasteiger partial charge is 0.493 e. The second kappa shape index (κ2) is 5.20. The number of aliphatic carboxylic acids is 1. The second-order valence-electron chi connectivity index (χ2n) is 5.16. The lowest BCUT2D eigenvalue weighted by atomic mass is 9.78. The summed E-state index contributed by atoms with van der Waals surface area (Å²) in [6, 6.07) is 3.65. The van der Waals surface area contributed by atoms with E-state index in [1.54, 1.807) is 20.3 Å². The minimum absolute atomic E-state index is 0.386.